The maximum atomic E-state index is 14.9. The maximum absolute atomic E-state index is 14.9. The average Bonchev–Trinajstić information content (AvgIpc) is 2.94. The van der Waals surface area contributed by atoms with Gasteiger partial charge in [0.1, 0.15) is 11.3 Å². The summed E-state index contributed by atoms with van der Waals surface area (Å²) in [6, 6.07) is -0.0843. The van der Waals surface area contributed by atoms with Crippen LogP contribution in [0.1, 0.15) is 56.0 Å². The number of primary amides is 1. The van der Waals surface area contributed by atoms with Crippen molar-refractivity contribution in [3.05, 3.63) is 22.1 Å². The van der Waals surface area contributed by atoms with E-state index in [4.69, 9.17) is 22.1 Å². The quantitative estimate of drug-likeness (QED) is 0.678. The van der Waals surface area contributed by atoms with Gasteiger partial charge in [-0.25, -0.2) is 14.2 Å². The van der Waals surface area contributed by atoms with Crippen LogP contribution in [-0.4, -0.2) is 29.1 Å². The van der Waals surface area contributed by atoms with Gasteiger partial charge in [-0.2, -0.15) is 0 Å². The molecule has 0 bridgehead atoms. The molecule has 0 spiro atoms. The molecule has 2 heterocycles. The molecule has 1 aliphatic carbocycles. The Bertz CT molecular complexity index is 781. The normalized spacial score (nSPS) is 24.9. The number of nitrogens with zero attached hydrogens (tertiary/aromatic N) is 1. The first kappa shape index (κ1) is 19.7. The van der Waals surface area contributed by atoms with Crippen molar-refractivity contribution in [2.75, 3.05) is 5.32 Å². The number of nitrogens with one attached hydrogen (secondary N) is 2. The SMILES string of the molecule is CC(C)(C)[C@H]1C[C@H](OC(N)=O)CC[C@H]1Nc1nc(Cl)c2c(c1F)CNC2=O. The first-order valence-corrected chi connectivity index (χ1v) is 9.34. The molecule has 9 heteroatoms. The lowest BCUT2D eigenvalue weighted by atomic mass is 9.68. The summed E-state index contributed by atoms with van der Waals surface area (Å²) >= 11 is 6.12. The molecule has 4 N–H and O–H groups in total. The second kappa shape index (κ2) is 7.14. The van der Waals surface area contributed by atoms with E-state index in [2.05, 4.69) is 36.4 Å². The molecule has 0 unspecified atom stereocenters. The van der Waals surface area contributed by atoms with E-state index in [0.717, 1.165) is 0 Å². The van der Waals surface area contributed by atoms with Crippen LogP contribution in [0.4, 0.5) is 15.0 Å². The van der Waals surface area contributed by atoms with Gasteiger partial charge in [0.25, 0.3) is 5.91 Å². The largest absolute Gasteiger partial charge is 0.446 e. The van der Waals surface area contributed by atoms with Gasteiger partial charge < -0.3 is 21.1 Å². The topological polar surface area (TPSA) is 106 Å². The van der Waals surface area contributed by atoms with Gasteiger partial charge in [0.2, 0.25) is 0 Å². The number of hydrogen-bond donors (Lipinski definition) is 3. The number of halogens is 2. The highest BCUT2D eigenvalue weighted by atomic mass is 35.5. The molecule has 27 heavy (non-hydrogen) atoms. The number of anilines is 1. The smallest absolute Gasteiger partial charge is 0.404 e. The van der Waals surface area contributed by atoms with Crippen molar-refractivity contribution < 1.29 is 18.7 Å². The zero-order valence-electron chi connectivity index (χ0n) is 15.6. The van der Waals surface area contributed by atoms with Crippen LogP contribution in [0.5, 0.6) is 0 Å². The molecular formula is C18H24ClFN4O3. The third-order valence-corrected chi connectivity index (χ3v) is 5.64. The van der Waals surface area contributed by atoms with Crippen LogP contribution >= 0.6 is 11.6 Å². The van der Waals surface area contributed by atoms with Gasteiger partial charge in [-0.15, -0.1) is 0 Å². The Balaban J connectivity index is 1.85. The lowest BCUT2D eigenvalue weighted by Crippen LogP contribution is -2.45. The highest BCUT2D eigenvalue weighted by Gasteiger charge is 2.40. The lowest BCUT2D eigenvalue weighted by molar-refractivity contribution is 0.0329. The highest BCUT2D eigenvalue weighted by molar-refractivity contribution is 6.33. The molecule has 0 radical (unpaired) electrons. The Kier molecular flexibility index (Phi) is 5.20. The number of aromatic nitrogens is 1. The van der Waals surface area contributed by atoms with Gasteiger partial charge >= 0.3 is 6.09 Å². The Hall–Kier alpha value is -2.09. The number of ether oxygens (including phenoxy) is 1. The van der Waals surface area contributed by atoms with E-state index < -0.39 is 17.8 Å². The summed E-state index contributed by atoms with van der Waals surface area (Å²) in [4.78, 5) is 26.9. The highest BCUT2D eigenvalue weighted by Crippen LogP contribution is 2.41. The van der Waals surface area contributed by atoms with Gasteiger partial charge in [-0.3, -0.25) is 4.79 Å². The van der Waals surface area contributed by atoms with Crippen LogP contribution in [0.25, 0.3) is 0 Å². The number of carbonyl (C=O) groups is 2. The van der Waals surface area contributed by atoms with Gasteiger partial charge in [-0.1, -0.05) is 32.4 Å². The minimum absolute atomic E-state index is 0.0121. The summed E-state index contributed by atoms with van der Waals surface area (Å²) in [6.45, 7) is 6.35. The van der Waals surface area contributed by atoms with Crippen molar-refractivity contribution in [1.82, 2.24) is 10.3 Å². The standard InChI is InChI=1S/C18H24ClFN4O3/c1-18(2,3)10-6-8(27-17(21)26)4-5-11(10)23-15-13(20)9-7-22-16(25)12(9)14(19)24-15/h8,10-11H,4-7H2,1-3H3,(H2,21,26)(H,22,25)(H,23,24)/t8-,10+,11-/m1/s1. The fourth-order valence-electron chi connectivity index (χ4n) is 4.04. The molecule has 1 saturated carbocycles. The maximum Gasteiger partial charge on any atom is 0.404 e. The Labute approximate surface area is 162 Å². The van der Waals surface area contributed by atoms with Gasteiger partial charge in [0.05, 0.1) is 5.56 Å². The third-order valence-electron chi connectivity index (χ3n) is 5.36. The number of carbonyl (C=O) groups excluding carboxylic acids is 2. The molecule has 1 aliphatic heterocycles. The molecule has 7 nitrogen and oxygen atoms in total. The van der Waals surface area contributed by atoms with Gasteiger partial charge in [0, 0.05) is 18.2 Å². The minimum atomic E-state index is -0.783. The van der Waals surface area contributed by atoms with Crippen LogP contribution in [0.3, 0.4) is 0 Å². The van der Waals surface area contributed by atoms with Gasteiger partial charge in [0.15, 0.2) is 11.6 Å². The fourth-order valence-corrected chi connectivity index (χ4v) is 4.32. The fraction of sp³-hybridized carbons (Fsp3) is 0.611. The molecule has 148 valence electrons. The van der Waals surface area contributed by atoms with E-state index >= 15 is 0 Å². The number of pyridine rings is 1. The van der Waals surface area contributed by atoms with E-state index in [-0.39, 0.29) is 52.1 Å². The summed E-state index contributed by atoms with van der Waals surface area (Å²) in [5, 5.41) is 5.73. The molecule has 3 atom stereocenters. The molecular weight excluding hydrogens is 375 g/mol. The van der Waals surface area contributed by atoms with Crippen molar-refractivity contribution in [2.24, 2.45) is 17.1 Å². The number of fused-ring (bicyclic) bond motifs is 1. The van der Waals surface area contributed by atoms with E-state index in [1.165, 1.54) is 0 Å². The summed E-state index contributed by atoms with van der Waals surface area (Å²) in [6.07, 6.45) is 0.854. The second-order valence-corrected chi connectivity index (χ2v) is 8.55. The van der Waals surface area contributed by atoms with Crippen LogP contribution in [0.2, 0.25) is 5.15 Å². The molecule has 2 amide bonds. The monoisotopic (exact) mass is 398 g/mol. The molecule has 2 aliphatic rings. The predicted molar refractivity (Wildman–Crippen MR) is 99.0 cm³/mol. The van der Waals surface area contributed by atoms with Crippen LogP contribution in [0, 0.1) is 17.2 Å². The van der Waals surface area contributed by atoms with E-state index in [1.807, 2.05) is 0 Å². The van der Waals surface area contributed by atoms with Crippen molar-refractivity contribution in [3.63, 3.8) is 0 Å². The average molecular weight is 399 g/mol. The van der Waals surface area contributed by atoms with Crippen LogP contribution in [0.15, 0.2) is 0 Å². The second-order valence-electron chi connectivity index (χ2n) is 8.20. The molecule has 3 rings (SSSR count). The van der Waals surface area contributed by atoms with E-state index in [1.54, 1.807) is 0 Å². The lowest BCUT2D eigenvalue weighted by Gasteiger charge is -2.43. The first-order chi connectivity index (χ1) is 12.6. The number of hydrogen-bond acceptors (Lipinski definition) is 5. The van der Waals surface area contributed by atoms with Crippen LogP contribution in [-0.2, 0) is 11.3 Å². The Morgan fingerprint density at radius 3 is 2.74 bits per heavy atom. The number of amides is 2. The van der Waals surface area contributed by atoms with Crippen molar-refractivity contribution >= 4 is 29.4 Å². The Morgan fingerprint density at radius 2 is 2.11 bits per heavy atom. The van der Waals surface area contributed by atoms with Crippen molar-refractivity contribution in [1.29, 1.82) is 0 Å². The zero-order chi connectivity index (χ0) is 19.9. The summed E-state index contributed by atoms with van der Waals surface area (Å²) in [5.74, 6) is -0.840. The predicted octanol–water partition coefficient (Wildman–Crippen LogP) is 3.21. The molecule has 0 saturated heterocycles. The summed E-state index contributed by atoms with van der Waals surface area (Å²) in [7, 11) is 0. The zero-order valence-corrected chi connectivity index (χ0v) is 16.3. The summed E-state index contributed by atoms with van der Waals surface area (Å²) < 4.78 is 20.1. The third kappa shape index (κ3) is 3.95. The minimum Gasteiger partial charge on any atom is -0.446 e. The molecule has 1 aromatic rings. The van der Waals surface area contributed by atoms with Crippen LogP contribution < -0.4 is 16.4 Å². The first-order valence-electron chi connectivity index (χ1n) is 8.96. The van der Waals surface area contributed by atoms with Gasteiger partial charge in [-0.05, 0) is 30.6 Å². The Morgan fingerprint density at radius 1 is 1.41 bits per heavy atom. The molecule has 1 fully saturated rings. The molecule has 1 aromatic heterocycles. The van der Waals surface area contributed by atoms with E-state index in [0.29, 0.717) is 19.3 Å². The molecule has 0 aromatic carbocycles. The number of nitrogens with two attached hydrogens (primary N) is 1. The van der Waals surface area contributed by atoms with Crippen molar-refractivity contribution in [3.8, 4) is 0 Å². The van der Waals surface area contributed by atoms with E-state index in [9.17, 15) is 14.0 Å². The van der Waals surface area contributed by atoms with Crippen molar-refractivity contribution in [2.45, 2.75) is 58.7 Å². The summed E-state index contributed by atoms with van der Waals surface area (Å²) in [5.41, 5.74) is 5.37. The number of rotatable bonds is 3.